The first kappa shape index (κ1) is 7.40. The summed E-state index contributed by atoms with van der Waals surface area (Å²) in [6.07, 6.45) is 4.94. The van der Waals surface area contributed by atoms with Crippen LogP contribution in [0.1, 0.15) is 29.3 Å². The first-order valence-electron chi connectivity index (χ1n) is 4.17. The van der Waals surface area contributed by atoms with Crippen molar-refractivity contribution >= 4 is 5.97 Å². The Balaban J connectivity index is 2.30. The van der Waals surface area contributed by atoms with Crippen LogP contribution in [0.4, 0.5) is 0 Å². The molecule has 64 valence electrons. The molecule has 0 aliphatic carbocycles. The van der Waals surface area contributed by atoms with Gasteiger partial charge in [0.2, 0.25) is 0 Å². The number of cyclic esters (lactones) is 1. The van der Waals surface area contributed by atoms with Crippen molar-refractivity contribution in [1.29, 1.82) is 0 Å². The maximum Gasteiger partial charge on any atom is 0.340 e. The average molecular weight is 165 g/mol. The molecule has 12 heavy (non-hydrogen) atoms. The molecular weight excluding hydrogens is 154 g/mol. The fourth-order valence-electron chi connectivity index (χ4n) is 1.46. The number of carbonyl (C=O) groups is 1. The Bertz CT molecular complexity index is 314. The van der Waals surface area contributed by atoms with Gasteiger partial charge in [-0.3, -0.25) is 0 Å². The number of ether oxygens (including phenoxy) is 1. The number of hydrogen-bond donors (Lipinski definition) is 0. The Morgan fingerprint density at radius 3 is 3.08 bits per heavy atom. The van der Waals surface area contributed by atoms with Crippen molar-refractivity contribution in [2.75, 3.05) is 0 Å². The van der Waals surface area contributed by atoms with E-state index in [-0.39, 0.29) is 5.97 Å². The molecule has 1 aliphatic heterocycles. The average Bonchev–Trinajstić information content (AvgIpc) is 2.55. The summed E-state index contributed by atoms with van der Waals surface area (Å²) in [5.41, 5.74) is 1.76. The van der Waals surface area contributed by atoms with Crippen LogP contribution in [-0.4, -0.2) is 10.5 Å². The number of carbonyl (C=O) groups excluding carboxylic acids is 1. The van der Waals surface area contributed by atoms with Crippen LogP contribution in [0.2, 0.25) is 0 Å². The van der Waals surface area contributed by atoms with Crippen LogP contribution in [0.25, 0.3) is 0 Å². The van der Waals surface area contributed by atoms with Crippen LogP contribution in [0.15, 0.2) is 12.4 Å². The lowest BCUT2D eigenvalue weighted by Gasteiger charge is -1.98. The van der Waals surface area contributed by atoms with Crippen LogP contribution in [0, 0.1) is 0 Å². The van der Waals surface area contributed by atoms with Crippen molar-refractivity contribution in [1.82, 2.24) is 4.57 Å². The van der Waals surface area contributed by atoms with Crippen molar-refractivity contribution in [3.05, 3.63) is 23.5 Å². The summed E-state index contributed by atoms with van der Waals surface area (Å²) in [5, 5.41) is 0. The zero-order chi connectivity index (χ0) is 8.55. The van der Waals surface area contributed by atoms with E-state index < -0.39 is 0 Å². The van der Waals surface area contributed by atoms with Crippen LogP contribution in [0.3, 0.4) is 0 Å². The van der Waals surface area contributed by atoms with E-state index in [1.807, 2.05) is 17.0 Å². The van der Waals surface area contributed by atoms with Gasteiger partial charge in [0.1, 0.15) is 6.61 Å². The van der Waals surface area contributed by atoms with Crippen molar-refractivity contribution in [3.8, 4) is 0 Å². The molecule has 0 bridgehead atoms. The molecule has 0 saturated carbocycles. The quantitative estimate of drug-likeness (QED) is 0.623. The molecule has 0 saturated heterocycles. The lowest BCUT2D eigenvalue weighted by molar-refractivity contribution is 0.0532. The topological polar surface area (TPSA) is 31.2 Å². The Hall–Kier alpha value is -1.25. The molecule has 2 rings (SSSR count). The van der Waals surface area contributed by atoms with Gasteiger partial charge in [0.25, 0.3) is 0 Å². The minimum absolute atomic E-state index is 0.181. The largest absolute Gasteiger partial charge is 0.457 e. The highest BCUT2D eigenvalue weighted by Gasteiger charge is 2.22. The lowest BCUT2D eigenvalue weighted by atomic mass is 10.2. The number of esters is 1. The molecule has 0 amide bonds. The Morgan fingerprint density at radius 1 is 1.58 bits per heavy atom. The lowest BCUT2D eigenvalue weighted by Crippen LogP contribution is -1.97. The van der Waals surface area contributed by atoms with Crippen molar-refractivity contribution < 1.29 is 9.53 Å². The van der Waals surface area contributed by atoms with E-state index in [1.165, 1.54) is 0 Å². The zero-order valence-corrected chi connectivity index (χ0v) is 7.04. The van der Waals surface area contributed by atoms with Gasteiger partial charge >= 0.3 is 5.97 Å². The van der Waals surface area contributed by atoms with Crippen LogP contribution >= 0.6 is 0 Å². The highest BCUT2D eigenvalue weighted by atomic mass is 16.5. The highest BCUT2D eigenvalue weighted by Crippen LogP contribution is 2.20. The molecule has 1 aromatic rings. The molecular formula is C9H11NO2. The van der Waals surface area contributed by atoms with Gasteiger partial charge in [-0.25, -0.2) is 4.79 Å². The second-order valence-electron chi connectivity index (χ2n) is 3.01. The molecule has 3 heteroatoms. The van der Waals surface area contributed by atoms with Crippen molar-refractivity contribution in [2.24, 2.45) is 0 Å². The molecule has 0 fully saturated rings. The normalized spacial score (nSPS) is 14.6. The fraction of sp³-hybridized carbons (Fsp3) is 0.444. The van der Waals surface area contributed by atoms with Crippen molar-refractivity contribution in [3.63, 3.8) is 0 Å². The number of aromatic nitrogens is 1. The van der Waals surface area contributed by atoms with E-state index in [0.717, 1.165) is 24.1 Å². The second kappa shape index (κ2) is 2.66. The third-order valence-electron chi connectivity index (χ3n) is 2.02. The minimum atomic E-state index is -0.181. The number of hydrogen-bond acceptors (Lipinski definition) is 2. The number of aryl methyl sites for hydroxylation is 1. The molecule has 0 unspecified atom stereocenters. The Kier molecular flexibility index (Phi) is 1.64. The molecule has 1 aromatic heterocycles. The predicted molar refractivity (Wildman–Crippen MR) is 43.8 cm³/mol. The van der Waals surface area contributed by atoms with E-state index in [1.54, 1.807) is 0 Å². The second-order valence-corrected chi connectivity index (χ2v) is 3.01. The summed E-state index contributed by atoms with van der Waals surface area (Å²) in [5.74, 6) is -0.181. The molecule has 0 aromatic carbocycles. The third kappa shape index (κ3) is 1.02. The van der Waals surface area contributed by atoms with Gasteiger partial charge in [-0.2, -0.15) is 0 Å². The maximum atomic E-state index is 11.0. The fourth-order valence-corrected chi connectivity index (χ4v) is 1.46. The third-order valence-corrected chi connectivity index (χ3v) is 2.02. The summed E-state index contributed by atoms with van der Waals surface area (Å²) >= 11 is 0. The first-order valence-corrected chi connectivity index (χ1v) is 4.17. The van der Waals surface area contributed by atoms with Gasteiger partial charge in [0.05, 0.1) is 5.56 Å². The summed E-state index contributed by atoms with van der Waals surface area (Å²) < 4.78 is 6.89. The summed E-state index contributed by atoms with van der Waals surface area (Å²) in [7, 11) is 0. The molecule has 0 spiro atoms. The van der Waals surface area contributed by atoms with E-state index in [2.05, 4.69) is 6.92 Å². The number of rotatable bonds is 2. The number of nitrogens with zero attached hydrogens (tertiary/aromatic N) is 1. The van der Waals surface area contributed by atoms with Crippen LogP contribution in [0.5, 0.6) is 0 Å². The predicted octanol–water partition coefficient (Wildman–Crippen LogP) is 1.57. The first-order chi connectivity index (χ1) is 5.81. The van der Waals surface area contributed by atoms with Gasteiger partial charge in [0, 0.05) is 24.5 Å². The van der Waals surface area contributed by atoms with Gasteiger partial charge < -0.3 is 9.30 Å². The van der Waals surface area contributed by atoms with E-state index >= 15 is 0 Å². The van der Waals surface area contributed by atoms with Gasteiger partial charge in [0.15, 0.2) is 0 Å². The Labute approximate surface area is 70.9 Å². The molecule has 0 atom stereocenters. The standard InChI is InChI=1S/C9H11NO2/c1-2-3-10-4-7-6-12-9(11)8(7)5-10/h4-5H,2-3,6H2,1H3. The smallest absolute Gasteiger partial charge is 0.340 e. The molecule has 0 radical (unpaired) electrons. The van der Waals surface area contributed by atoms with Gasteiger partial charge in [-0.1, -0.05) is 6.92 Å². The highest BCUT2D eigenvalue weighted by molar-refractivity contribution is 5.93. The van der Waals surface area contributed by atoms with Crippen molar-refractivity contribution in [2.45, 2.75) is 26.5 Å². The minimum Gasteiger partial charge on any atom is -0.457 e. The molecule has 1 aliphatic rings. The van der Waals surface area contributed by atoms with E-state index in [0.29, 0.717) is 6.61 Å². The van der Waals surface area contributed by atoms with E-state index in [4.69, 9.17) is 4.74 Å². The number of fused-ring (bicyclic) bond motifs is 1. The summed E-state index contributed by atoms with van der Waals surface area (Å²) in [6, 6.07) is 0. The summed E-state index contributed by atoms with van der Waals surface area (Å²) in [6.45, 7) is 3.54. The molecule has 0 N–H and O–H groups in total. The Morgan fingerprint density at radius 2 is 2.42 bits per heavy atom. The zero-order valence-electron chi connectivity index (χ0n) is 7.04. The van der Waals surface area contributed by atoms with Crippen LogP contribution in [-0.2, 0) is 17.9 Å². The summed E-state index contributed by atoms with van der Waals surface area (Å²) in [4.78, 5) is 11.0. The van der Waals surface area contributed by atoms with Gasteiger partial charge in [-0.15, -0.1) is 0 Å². The monoisotopic (exact) mass is 165 g/mol. The molecule has 3 nitrogen and oxygen atoms in total. The SMILES string of the molecule is CCCn1cc2c(c1)C(=O)OC2. The van der Waals surface area contributed by atoms with E-state index in [9.17, 15) is 4.79 Å². The molecule has 2 heterocycles. The maximum absolute atomic E-state index is 11.0. The van der Waals surface area contributed by atoms with Crippen LogP contribution < -0.4 is 0 Å². The van der Waals surface area contributed by atoms with Gasteiger partial charge in [-0.05, 0) is 6.42 Å².